The van der Waals surface area contributed by atoms with Crippen molar-refractivity contribution in [3.8, 4) is 6.07 Å². The molecule has 0 heterocycles. The van der Waals surface area contributed by atoms with Crippen LogP contribution < -0.4 is 0 Å². The van der Waals surface area contributed by atoms with Crippen LogP contribution in [0.15, 0.2) is 12.2 Å². The topological polar surface area (TPSA) is 23.8 Å². The largest absolute Gasteiger partial charge is 0.193 e. The Morgan fingerprint density at radius 1 is 1.38 bits per heavy atom. The minimum atomic E-state index is 0.544. The molecular formula is C12H17N. The third-order valence-corrected chi connectivity index (χ3v) is 4.33. The smallest absolute Gasteiger partial charge is 0.0908 e. The maximum atomic E-state index is 8.49. The first kappa shape index (κ1) is 8.81. The molecule has 3 aliphatic carbocycles. The predicted molar refractivity (Wildman–Crippen MR) is 52.9 cm³/mol. The van der Waals surface area contributed by atoms with Crippen LogP contribution >= 0.6 is 0 Å². The summed E-state index contributed by atoms with van der Waals surface area (Å²) >= 11 is 0. The van der Waals surface area contributed by atoms with E-state index in [4.69, 9.17) is 5.26 Å². The lowest BCUT2D eigenvalue weighted by molar-refractivity contribution is -0.0903. The monoisotopic (exact) mass is 175 g/mol. The highest BCUT2D eigenvalue weighted by Gasteiger charge is 2.53. The fourth-order valence-electron chi connectivity index (χ4n) is 3.26. The van der Waals surface area contributed by atoms with Gasteiger partial charge in [0.25, 0.3) is 0 Å². The van der Waals surface area contributed by atoms with Crippen molar-refractivity contribution >= 4 is 0 Å². The van der Waals surface area contributed by atoms with Crippen LogP contribution in [0.3, 0.4) is 0 Å². The van der Waals surface area contributed by atoms with E-state index < -0.39 is 0 Å². The van der Waals surface area contributed by atoms with Gasteiger partial charge in [-0.25, -0.2) is 0 Å². The maximum Gasteiger partial charge on any atom is 0.0908 e. The van der Waals surface area contributed by atoms with E-state index >= 15 is 0 Å². The second-order valence-electron chi connectivity index (χ2n) is 5.09. The van der Waals surface area contributed by atoms with Gasteiger partial charge in [-0.05, 0) is 42.4 Å². The van der Waals surface area contributed by atoms with E-state index in [1.165, 1.54) is 19.3 Å². The van der Waals surface area contributed by atoms with Crippen molar-refractivity contribution in [2.45, 2.75) is 33.1 Å². The molecule has 3 rings (SSSR count). The molecule has 3 aliphatic rings. The molecule has 13 heavy (non-hydrogen) atoms. The summed E-state index contributed by atoms with van der Waals surface area (Å²) in [5, 5.41) is 8.49. The zero-order valence-corrected chi connectivity index (χ0v) is 8.46. The van der Waals surface area contributed by atoms with E-state index in [1.54, 1.807) is 6.08 Å². The number of nitrogens with zero attached hydrogens (tertiary/aromatic N) is 1. The minimum Gasteiger partial charge on any atom is -0.193 e. The van der Waals surface area contributed by atoms with Crippen molar-refractivity contribution in [1.82, 2.24) is 0 Å². The van der Waals surface area contributed by atoms with Gasteiger partial charge in [-0.3, -0.25) is 0 Å². The first-order chi connectivity index (χ1) is 6.16. The van der Waals surface area contributed by atoms with Crippen molar-refractivity contribution in [3.63, 3.8) is 0 Å². The zero-order chi connectivity index (χ0) is 9.47. The van der Waals surface area contributed by atoms with E-state index in [-0.39, 0.29) is 0 Å². The Bertz CT molecular complexity index is 267. The normalized spacial score (nSPS) is 41.2. The lowest BCUT2D eigenvalue weighted by Gasteiger charge is -2.59. The van der Waals surface area contributed by atoms with Crippen LogP contribution in [-0.4, -0.2) is 0 Å². The Balaban J connectivity index is 2.08. The third kappa shape index (κ3) is 1.20. The molecule has 0 amide bonds. The standard InChI is InChI=1S/C12H17N/c1-12(2)10-6-5-9(4-3-7-13)11(12)8-10/h3-4,9-11H,5-6,8H2,1-2H3. The Morgan fingerprint density at radius 2 is 2.15 bits per heavy atom. The van der Waals surface area contributed by atoms with Gasteiger partial charge >= 0.3 is 0 Å². The molecule has 1 heteroatoms. The van der Waals surface area contributed by atoms with Crippen LogP contribution in [0, 0.1) is 34.5 Å². The van der Waals surface area contributed by atoms with Gasteiger partial charge in [0.05, 0.1) is 6.07 Å². The highest BCUT2D eigenvalue weighted by Crippen LogP contribution is 2.61. The number of allylic oxidation sites excluding steroid dienone is 2. The van der Waals surface area contributed by atoms with Gasteiger partial charge in [0.1, 0.15) is 0 Å². The molecule has 0 aromatic heterocycles. The quantitative estimate of drug-likeness (QED) is 0.562. The van der Waals surface area contributed by atoms with Crippen LogP contribution in [0.4, 0.5) is 0 Å². The van der Waals surface area contributed by atoms with Crippen molar-refractivity contribution in [3.05, 3.63) is 12.2 Å². The van der Waals surface area contributed by atoms with Crippen molar-refractivity contribution in [2.24, 2.45) is 23.2 Å². The fourth-order valence-corrected chi connectivity index (χ4v) is 3.26. The van der Waals surface area contributed by atoms with Gasteiger partial charge < -0.3 is 0 Å². The molecule has 3 fully saturated rings. The Labute approximate surface area is 80.4 Å². The third-order valence-electron chi connectivity index (χ3n) is 4.33. The molecule has 0 radical (unpaired) electrons. The highest BCUT2D eigenvalue weighted by atomic mass is 14.6. The molecule has 1 nitrogen and oxygen atoms in total. The molecule has 2 bridgehead atoms. The molecular weight excluding hydrogens is 158 g/mol. The summed E-state index contributed by atoms with van der Waals surface area (Å²) in [6, 6.07) is 2.10. The summed E-state index contributed by atoms with van der Waals surface area (Å²) in [7, 11) is 0. The lowest BCUT2D eigenvalue weighted by atomic mass is 9.45. The molecule has 70 valence electrons. The first-order valence-corrected chi connectivity index (χ1v) is 5.22. The molecule has 0 N–H and O–H groups in total. The summed E-state index contributed by atoms with van der Waals surface area (Å²) in [5.74, 6) is 2.49. The van der Waals surface area contributed by atoms with Gasteiger partial charge in [-0.1, -0.05) is 19.9 Å². The number of hydrogen-bond acceptors (Lipinski definition) is 1. The summed E-state index contributed by atoms with van der Waals surface area (Å²) in [6.07, 6.45) is 7.86. The molecule has 0 spiro atoms. The van der Waals surface area contributed by atoms with Gasteiger partial charge in [-0.15, -0.1) is 0 Å². The molecule has 3 atom stereocenters. The van der Waals surface area contributed by atoms with E-state index in [9.17, 15) is 0 Å². The van der Waals surface area contributed by atoms with Crippen LogP contribution in [0.1, 0.15) is 33.1 Å². The van der Waals surface area contributed by atoms with Crippen LogP contribution in [0.2, 0.25) is 0 Å². The second kappa shape index (κ2) is 2.87. The first-order valence-electron chi connectivity index (χ1n) is 5.22. The molecule has 3 saturated carbocycles. The Kier molecular flexibility index (Phi) is 1.95. The van der Waals surface area contributed by atoms with Gasteiger partial charge in [-0.2, -0.15) is 5.26 Å². The van der Waals surface area contributed by atoms with Crippen molar-refractivity contribution in [2.75, 3.05) is 0 Å². The number of fused-ring (bicyclic) bond motifs is 2. The highest BCUT2D eigenvalue weighted by molar-refractivity contribution is 5.12. The molecule has 0 aromatic rings. The van der Waals surface area contributed by atoms with Crippen LogP contribution in [-0.2, 0) is 0 Å². The summed E-state index contributed by atoms with van der Waals surface area (Å²) in [4.78, 5) is 0. The summed E-state index contributed by atoms with van der Waals surface area (Å²) < 4.78 is 0. The van der Waals surface area contributed by atoms with Crippen molar-refractivity contribution < 1.29 is 0 Å². The van der Waals surface area contributed by atoms with E-state index in [1.807, 2.05) is 0 Å². The molecule has 0 aliphatic heterocycles. The zero-order valence-electron chi connectivity index (χ0n) is 8.46. The minimum absolute atomic E-state index is 0.544. The molecule has 3 unspecified atom stereocenters. The predicted octanol–water partition coefficient (Wildman–Crippen LogP) is 3.14. The van der Waals surface area contributed by atoms with E-state index in [0.717, 1.165) is 11.8 Å². The number of rotatable bonds is 1. The van der Waals surface area contributed by atoms with Gasteiger partial charge in [0.15, 0.2) is 0 Å². The van der Waals surface area contributed by atoms with Crippen molar-refractivity contribution in [1.29, 1.82) is 5.26 Å². The number of hydrogen-bond donors (Lipinski definition) is 0. The summed E-state index contributed by atoms with van der Waals surface area (Å²) in [5.41, 5.74) is 0.544. The maximum absolute atomic E-state index is 8.49. The summed E-state index contributed by atoms with van der Waals surface area (Å²) in [6.45, 7) is 4.77. The van der Waals surface area contributed by atoms with E-state index in [0.29, 0.717) is 11.3 Å². The Hall–Kier alpha value is -0.770. The van der Waals surface area contributed by atoms with E-state index in [2.05, 4.69) is 26.0 Å². The SMILES string of the molecule is CC1(C)C2CCC(C=CC#N)C1C2. The Morgan fingerprint density at radius 3 is 2.69 bits per heavy atom. The van der Waals surface area contributed by atoms with Gasteiger partial charge in [0.2, 0.25) is 0 Å². The fraction of sp³-hybridized carbons (Fsp3) is 0.750. The molecule has 0 aromatic carbocycles. The lowest BCUT2D eigenvalue weighted by Crippen LogP contribution is -2.51. The van der Waals surface area contributed by atoms with Gasteiger partial charge in [0, 0.05) is 6.08 Å². The van der Waals surface area contributed by atoms with Crippen LogP contribution in [0.25, 0.3) is 0 Å². The average Bonchev–Trinajstić information content (AvgIpc) is 2.14. The average molecular weight is 175 g/mol. The second-order valence-corrected chi connectivity index (χ2v) is 5.09. The molecule has 0 saturated heterocycles. The van der Waals surface area contributed by atoms with Crippen LogP contribution in [0.5, 0.6) is 0 Å². The number of nitriles is 1.